The van der Waals surface area contributed by atoms with Gasteiger partial charge in [-0.25, -0.2) is 18.7 Å². The van der Waals surface area contributed by atoms with Gasteiger partial charge in [0.15, 0.2) is 5.82 Å². The summed E-state index contributed by atoms with van der Waals surface area (Å²) >= 11 is 6.35. The first-order valence-electron chi connectivity index (χ1n) is 9.42. The molecule has 0 saturated carbocycles. The number of anilines is 1. The number of amides is 1. The van der Waals surface area contributed by atoms with Crippen LogP contribution in [0.15, 0.2) is 30.6 Å². The number of fused-ring (bicyclic) bond motifs is 1. The quantitative estimate of drug-likeness (QED) is 0.663. The zero-order valence-electron chi connectivity index (χ0n) is 16.4. The Balaban J connectivity index is 1.86. The molecule has 6 nitrogen and oxygen atoms in total. The summed E-state index contributed by atoms with van der Waals surface area (Å²) in [5, 5.41) is 10.4. The molecular weight excluding hydrogens is 414 g/mol. The van der Waals surface area contributed by atoms with Crippen molar-refractivity contribution in [3.63, 3.8) is 0 Å². The second kappa shape index (κ2) is 7.68. The third kappa shape index (κ3) is 3.31. The highest BCUT2D eigenvalue weighted by Crippen LogP contribution is 2.42. The molecular formula is C21H19ClF2N4O2. The lowest BCUT2D eigenvalue weighted by molar-refractivity contribution is -0.129. The van der Waals surface area contributed by atoms with Crippen molar-refractivity contribution in [3.05, 3.63) is 47.2 Å². The van der Waals surface area contributed by atoms with Gasteiger partial charge in [0.25, 0.3) is 0 Å². The highest BCUT2D eigenvalue weighted by molar-refractivity contribution is 6.34. The van der Waals surface area contributed by atoms with Gasteiger partial charge in [-0.05, 0) is 25.1 Å². The summed E-state index contributed by atoms with van der Waals surface area (Å²) in [6, 6.07) is 5.14. The molecule has 0 radical (unpaired) electrons. The number of halogens is 3. The largest absolute Gasteiger partial charge is 0.507 e. The number of nitrogens with zero attached hydrogens (tertiary/aromatic N) is 4. The molecule has 0 aliphatic carbocycles. The van der Waals surface area contributed by atoms with Gasteiger partial charge in [-0.2, -0.15) is 0 Å². The van der Waals surface area contributed by atoms with Gasteiger partial charge in [0.05, 0.1) is 10.6 Å². The fourth-order valence-corrected chi connectivity index (χ4v) is 4.18. The van der Waals surface area contributed by atoms with Gasteiger partial charge in [0.2, 0.25) is 5.91 Å². The molecule has 1 atom stereocenters. The molecule has 0 spiro atoms. The van der Waals surface area contributed by atoms with Crippen LogP contribution in [0.4, 0.5) is 14.6 Å². The monoisotopic (exact) mass is 432 g/mol. The number of aromatic hydroxyl groups is 1. The normalized spacial score (nSPS) is 16.9. The van der Waals surface area contributed by atoms with Crippen molar-refractivity contribution in [2.75, 3.05) is 24.5 Å². The molecule has 1 aliphatic heterocycles. The molecule has 1 aliphatic rings. The smallest absolute Gasteiger partial charge is 0.219 e. The van der Waals surface area contributed by atoms with Gasteiger partial charge >= 0.3 is 0 Å². The average molecular weight is 433 g/mol. The highest BCUT2D eigenvalue weighted by Gasteiger charge is 2.29. The van der Waals surface area contributed by atoms with Gasteiger partial charge in [0.1, 0.15) is 29.2 Å². The van der Waals surface area contributed by atoms with E-state index in [0.29, 0.717) is 30.8 Å². The van der Waals surface area contributed by atoms with Crippen molar-refractivity contribution in [3.8, 4) is 16.9 Å². The van der Waals surface area contributed by atoms with Crippen LogP contribution >= 0.6 is 11.6 Å². The first kappa shape index (κ1) is 20.3. The number of benzene rings is 2. The number of phenolic OH excluding ortho intramolecular Hbond substituents is 1. The molecule has 9 heteroatoms. The topological polar surface area (TPSA) is 69.6 Å². The Kier molecular flexibility index (Phi) is 5.19. The van der Waals surface area contributed by atoms with Crippen LogP contribution in [0.25, 0.3) is 22.0 Å². The Bertz CT molecular complexity index is 1140. The Labute approximate surface area is 176 Å². The standard InChI is InChI=1S/C21H19ClF2N4O2/c1-11-9-27(12(2)29)6-7-28(11)21-13-8-14(22)17(19(24)20(13)25-10-26-21)18-15(23)4-3-5-16(18)30/h3-5,8,10-11,30H,6-7,9H2,1-2H3/t11-/m0/s1. The maximum absolute atomic E-state index is 15.5. The number of carbonyl (C=O) groups excluding carboxylic acids is 1. The summed E-state index contributed by atoms with van der Waals surface area (Å²) in [6.45, 7) is 5.02. The fraction of sp³-hybridized carbons (Fsp3) is 0.286. The van der Waals surface area contributed by atoms with Crippen LogP contribution in [0.5, 0.6) is 5.75 Å². The van der Waals surface area contributed by atoms with E-state index < -0.39 is 17.4 Å². The number of hydrogen-bond acceptors (Lipinski definition) is 5. The number of aromatic nitrogens is 2. The summed E-state index contributed by atoms with van der Waals surface area (Å²) in [5.74, 6) is -1.56. The van der Waals surface area contributed by atoms with Gasteiger partial charge in [-0.15, -0.1) is 0 Å². The third-order valence-electron chi connectivity index (χ3n) is 5.39. The molecule has 2 heterocycles. The molecule has 1 aromatic heterocycles. The fourth-order valence-electron chi connectivity index (χ4n) is 3.89. The number of piperazine rings is 1. The molecule has 1 saturated heterocycles. The van der Waals surface area contributed by atoms with E-state index in [4.69, 9.17) is 11.6 Å². The second-order valence-corrected chi connectivity index (χ2v) is 7.69. The van der Waals surface area contributed by atoms with Crippen LogP contribution in [0.2, 0.25) is 5.02 Å². The van der Waals surface area contributed by atoms with E-state index in [0.717, 1.165) is 6.07 Å². The molecule has 3 aromatic rings. The van der Waals surface area contributed by atoms with E-state index in [1.54, 1.807) is 4.90 Å². The van der Waals surface area contributed by atoms with Crippen LogP contribution in [-0.4, -0.2) is 51.6 Å². The lowest BCUT2D eigenvalue weighted by atomic mass is 10.0. The summed E-state index contributed by atoms with van der Waals surface area (Å²) in [4.78, 5) is 23.8. The molecule has 156 valence electrons. The number of phenols is 1. The predicted molar refractivity (Wildman–Crippen MR) is 111 cm³/mol. The summed E-state index contributed by atoms with van der Waals surface area (Å²) in [6.07, 6.45) is 1.24. The van der Waals surface area contributed by atoms with E-state index in [1.165, 1.54) is 31.5 Å². The van der Waals surface area contributed by atoms with Crippen LogP contribution < -0.4 is 4.90 Å². The minimum Gasteiger partial charge on any atom is -0.507 e. The Hall–Kier alpha value is -3.00. The molecule has 1 fully saturated rings. The average Bonchev–Trinajstić information content (AvgIpc) is 2.70. The van der Waals surface area contributed by atoms with Crippen LogP contribution in [-0.2, 0) is 4.79 Å². The summed E-state index contributed by atoms with van der Waals surface area (Å²) < 4.78 is 29.8. The highest BCUT2D eigenvalue weighted by atomic mass is 35.5. The van der Waals surface area contributed by atoms with Crippen LogP contribution in [0.3, 0.4) is 0 Å². The minimum absolute atomic E-state index is 0.00234. The first-order valence-corrected chi connectivity index (χ1v) is 9.80. The second-order valence-electron chi connectivity index (χ2n) is 7.28. The van der Waals surface area contributed by atoms with E-state index in [1.807, 2.05) is 11.8 Å². The maximum atomic E-state index is 15.5. The predicted octanol–water partition coefficient (Wildman–Crippen LogP) is 3.99. The lowest BCUT2D eigenvalue weighted by Crippen LogP contribution is -2.53. The molecule has 1 amide bonds. The van der Waals surface area contributed by atoms with Crippen molar-refractivity contribution in [1.29, 1.82) is 0 Å². The van der Waals surface area contributed by atoms with Crippen molar-refractivity contribution in [1.82, 2.24) is 14.9 Å². The third-order valence-corrected chi connectivity index (χ3v) is 5.68. The van der Waals surface area contributed by atoms with Gasteiger partial charge in [-0.1, -0.05) is 17.7 Å². The van der Waals surface area contributed by atoms with Gasteiger partial charge < -0.3 is 14.9 Å². The van der Waals surface area contributed by atoms with E-state index in [-0.39, 0.29) is 33.6 Å². The number of rotatable bonds is 2. The van der Waals surface area contributed by atoms with Gasteiger partial charge in [-0.3, -0.25) is 4.79 Å². The summed E-state index contributed by atoms with van der Waals surface area (Å²) in [5.41, 5.74) is -0.590. The molecule has 30 heavy (non-hydrogen) atoms. The lowest BCUT2D eigenvalue weighted by Gasteiger charge is -2.40. The van der Waals surface area contributed by atoms with E-state index in [2.05, 4.69) is 9.97 Å². The molecule has 4 rings (SSSR count). The van der Waals surface area contributed by atoms with E-state index >= 15 is 4.39 Å². The zero-order valence-corrected chi connectivity index (χ0v) is 17.1. The Morgan fingerprint density at radius 3 is 2.67 bits per heavy atom. The molecule has 1 N–H and O–H groups in total. The molecule has 2 aromatic carbocycles. The minimum atomic E-state index is -0.837. The van der Waals surface area contributed by atoms with Crippen molar-refractivity contribution in [2.45, 2.75) is 19.9 Å². The zero-order chi connectivity index (χ0) is 21.6. The van der Waals surface area contributed by atoms with Crippen molar-refractivity contribution in [2.24, 2.45) is 0 Å². The molecule has 0 bridgehead atoms. The Morgan fingerprint density at radius 1 is 1.23 bits per heavy atom. The summed E-state index contributed by atoms with van der Waals surface area (Å²) in [7, 11) is 0. The number of carbonyl (C=O) groups is 1. The SMILES string of the molecule is CC(=O)N1CCN(c2ncnc3c(F)c(-c4c(O)cccc4F)c(Cl)cc23)[C@@H](C)C1. The van der Waals surface area contributed by atoms with E-state index in [9.17, 15) is 14.3 Å². The van der Waals surface area contributed by atoms with Crippen molar-refractivity contribution >= 4 is 34.2 Å². The number of hydrogen-bond donors (Lipinski definition) is 1. The molecule has 0 unspecified atom stereocenters. The Morgan fingerprint density at radius 2 is 2.00 bits per heavy atom. The van der Waals surface area contributed by atoms with Crippen LogP contribution in [0.1, 0.15) is 13.8 Å². The van der Waals surface area contributed by atoms with Crippen molar-refractivity contribution < 1.29 is 18.7 Å². The first-order chi connectivity index (χ1) is 14.3. The van der Waals surface area contributed by atoms with Crippen LogP contribution in [0, 0.1) is 11.6 Å². The van der Waals surface area contributed by atoms with Gasteiger partial charge in [0, 0.05) is 43.5 Å². The maximum Gasteiger partial charge on any atom is 0.219 e.